The molecule has 0 aliphatic heterocycles. The maximum absolute atomic E-state index is 13.2. The molecule has 138 valence electrons. The molecule has 1 amide bonds. The summed E-state index contributed by atoms with van der Waals surface area (Å²) in [6.45, 7) is 1.92. The summed E-state index contributed by atoms with van der Waals surface area (Å²) in [5.41, 5.74) is 0.439. The molecule has 27 heavy (non-hydrogen) atoms. The fraction of sp³-hybridized carbons (Fsp3) is 0.238. The van der Waals surface area contributed by atoms with Crippen molar-refractivity contribution in [3.63, 3.8) is 0 Å². The molecule has 1 aromatic carbocycles. The van der Waals surface area contributed by atoms with Crippen molar-refractivity contribution >= 4 is 34.6 Å². The summed E-state index contributed by atoms with van der Waals surface area (Å²) in [6, 6.07) is 15.6. The van der Waals surface area contributed by atoms with E-state index in [0.29, 0.717) is 17.9 Å². The second kappa shape index (κ2) is 7.66. The minimum absolute atomic E-state index is 0.0829. The number of para-hydroxylation sites is 1. The third-order valence-electron chi connectivity index (χ3n) is 4.37. The molecule has 3 aromatic rings. The van der Waals surface area contributed by atoms with Crippen molar-refractivity contribution in [1.82, 2.24) is 4.90 Å². The van der Waals surface area contributed by atoms with Gasteiger partial charge in [-0.1, -0.05) is 18.2 Å². The summed E-state index contributed by atoms with van der Waals surface area (Å²) in [6.07, 6.45) is 2.04. The average molecular weight is 398 g/mol. The molecule has 2 heterocycles. The Bertz CT molecular complexity index is 957. The highest BCUT2D eigenvalue weighted by Gasteiger charge is 2.34. The maximum Gasteiger partial charge on any atom is 0.308 e. The molecule has 4 rings (SSSR count). The highest BCUT2D eigenvalue weighted by atomic mass is 32.1. The summed E-state index contributed by atoms with van der Waals surface area (Å²) < 4.78 is 5.24. The quantitative estimate of drug-likeness (QED) is 0.424. The number of amides is 1. The second-order valence-corrected chi connectivity index (χ2v) is 8.61. The molecule has 1 aliphatic rings. The lowest BCUT2D eigenvalue weighted by molar-refractivity contribution is -0.131. The first-order chi connectivity index (χ1) is 13.1. The first-order valence-electron chi connectivity index (χ1n) is 8.83. The van der Waals surface area contributed by atoms with E-state index in [4.69, 9.17) is 4.74 Å². The molecule has 4 nitrogen and oxygen atoms in total. The highest BCUT2D eigenvalue weighted by molar-refractivity contribution is 7.21. The van der Waals surface area contributed by atoms with E-state index in [-0.39, 0.29) is 11.9 Å². The van der Waals surface area contributed by atoms with Crippen molar-refractivity contribution in [2.75, 3.05) is 0 Å². The van der Waals surface area contributed by atoms with Crippen LogP contribution in [0.25, 0.3) is 9.75 Å². The van der Waals surface area contributed by atoms with Crippen LogP contribution < -0.4 is 4.74 Å². The van der Waals surface area contributed by atoms with Gasteiger partial charge in [0.05, 0.1) is 12.1 Å². The Labute approximate surface area is 166 Å². The van der Waals surface area contributed by atoms with E-state index in [1.807, 2.05) is 11.0 Å². The van der Waals surface area contributed by atoms with Gasteiger partial charge in [0.2, 0.25) is 0 Å². The molecule has 6 heteroatoms. The minimum atomic E-state index is -0.424. The molecular formula is C21H19NO3S2. The van der Waals surface area contributed by atoms with Crippen LogP contribution in [0.15, 0.2) is 53.9 Å². The van der Waals surface area contributed by atoms with Gasteiger partial charge in [0.25, 0.3) is 5.91 Å². The summed E-state index contributed by atoms with van der Waals surface area (Å²) in [4.78, 5) is 30.1. The Morgan fingerprint density at radius 2 is 1.89 bits per heavy atom. The average Bonchev–Trinajstić information content (AvgIpc) is 3.15. The Morgan fingerprint density at radius 3 is 2.59 bits per heavy atom. The number of hydrogen-bond acceptors (Lipinski definition) is 5. The van der Waals surface area contributed by atoms with Gasteiger partial charge < -0.3 is 9.64 Å². The Hall–Kier alpha value is -2.44. The number of nitrogens with zero attached hydrogens (tertiary/aromatic N) is 1. The van der Waals surface area contributed by atoms with Gasteiger partial charge in [-0.2, -0.15) is 0 Å². The zero-order valence-corrected chi connectivity index (χ0v) is 16.5. The Morgan fingerprint density at radius 1 is 1.07 bits per heavy atom. The van der Waals surface area contributed by atoms with Crippen LogP contribution in [-0.4, -0.2) is 22.8 Å². The number of esters is 1. The van der Waals surface area contributed by atoms with Gasteiger partial charge in [-0.25, -0.2) is 0 Å². The first kappa shape index (κ1) is 17.9. The van der Waals surface area contributed by atoms with E-state index in [2.05, 4.69) is 23.6 Å². The van der Waals surface area contributed by atoms with E-state index in [1.54, 1.807) is 46.9 Å². The topological polar surface area (TPSA) is 46.6 Å². The zero-order valence-electron chi connectivity index (χ0n) is 14.9. The molecule has 1 aliphatic carbocycles. The van der Waals surface area contributed by atoms with Crippen molar-refractivity contribution < 1.29 is 14.3 Å². The number of benzene rings is 1. The van der Waals surface area contributed by atoms with Gasteiger partial charge in [-0.15, -0.1) is 22.7 Å². The van der Waals surface area contributed by atoms with Crippen molar-refractivity contribution in [2.24, 2.45) is 0 Å². The van der Waals surface area contributed by atoms with Crippen LogP contribution in [0, 0.1) is 0 Å². The largest absolute Gasteiger partial charge is 0.426 e. The second-order valence-electron chi connectivity index (χ2n) is 6.50. The summed E-state index contributed by atoms with van der Waals surface area (Å²) >= 11 is 3.44. The van der Waals surface area contributed by atoms with Crippen LogP contribution in [0.1, 0.15) is 35.0 Å². The van der Waals surface area contributed by atoms with E-state index in [9.17, 15) is 9.59 Å². The molecule has 2 aromatic heterocycles. The number of carbonyl (C=O) groups excluding carboxylic acids is 2. The van der Waals surface area contributed by atoms with Crippen molar-refractivity contribution in [1.29, 1.82) is 0 Å². The lowest BCUT2D eigenvalue weighted by Gasteiger charge is -2.23. The fourth-order valence-corrected chi connectivity index (χ4v) is 4.82. The van der Waals surface area contributed by atoms with Crippen molar-refractivity contribution in [3.05, 3.63) is 64.4 Å². The number of rotatable bonds is 6. The third-order valence-corrected chi connectivity index (χ3v) is 6.51. The van der Waals surface area contributed by atoms with Gasteiger partial charge >= 0.3 is 5.97 Å². The molecular weight excluding hydrogens is 378 g/mol. The molecule has 0 saturated heterocycles. The number of carbonyl (C=O) groups is 2. The van der Waals surface area contributed by atoms with Crippen LogP contribution >= 0.6 is 22.7 Å². The summed E-state index contributed by atoms with van der Waals surface area (Å²) in [5.74, 6) is -0.182. The molecule has 0 N–H and O–H groups in total. The fourth-order valence-electron chi connectivity index (χ4n) is 2.98. The van der Waals surface area contributed by atoms with Crippen molar-refractivity contribution in [3.8, 4) is 15.5 Å². The van der Waals surface area contributed by atoms with Crippen LogP contribution in [0.2, 0.25) is 0 Å². The SMILES string of the molecule is CC(=O)Oc1ccccc1C(=O)N(Cc1ccc(-c2cccs2)s1)C1CC1. The summed E-state index contributed by atoms with van der Waals surface area (Å²) in [7, 11) is 0. The molecule has 0 spiro atoms. The van der Waals surface area contributed by atoms with E-state index >= 15 is 0 Å². The Kier molecular flexibility index (Phi) is 5.09. The van der Waals surface area contributed by atoms with E-state index in [1.165, 1.54) is 16.7 Å². The lowest BCUT2D eigenvalue weighted by atomic mass is 10.1. The molecule has 0 unspecified atom stereocenters. The predicted molar refractivity (Wildman–Crippen MR) is 108 cm³/mol. The third kappa shape index (κ3) is 4.12. The molecule has 0 atom stereocenters. The van der Waals surface area contributed by atoms with Crippen LogP contribution in [0.4, 0.5) is 0 Å². The van der Waals surface area contributed by atoms with E-state index in [0.717, 1.165) is 17.7 Å². The smallest absolute Gasteiger partial charge is 0.308 e. The molecule has 0 bridgehead atoms. The molecule has 1 saturated carbocycles. The summed E-state index contributed by atoms with van der Waals surface area (Å²) in [5, 5.41) is 2.07. The lowest BCUT2D eigenvalue weighted by Crippen LogP contribution is -2.32. The zero-order chi connectivity index (χ0) is 18.8. The normalized spacial score (nSPS) is 13.4. The maximum atomic E-state index is 13.2. The number of thiophene rings is 2. The standard InChI is InChI=1S/C21H19NO3S2/c1-14(23)25-18-6-3-2-5-17(18)21(24)22(15-8-9-15)13-16-10-11-20(27-16)19-7-4-12-26-19/h2-7,10-12,15H,8-9,13H2,1H3. The minimum Gasteiger partial charge on any atom is -0.426 e. The predicted octanol–water partition coefficient (Wildman–Crippen LogP) is 5.21. The van der Waals surface area contributed by atoms with Gasteiger partial charge in [-0.05, 0) is 48.6 Å². The van der Waals surface area contributed by atoms with Crippen LogP contribution in [-0.2, 0) is 11.3 Å². The number of ether oxygens (including phenoxy) is 1. The van der Waals surface area contributed by atoms with Gasteiger partial charge in [0.15, 0.2) is 0 Å². The first-order valence-corrected chi connectivity index (χ1v) is 10.5. The van der Waals surface area contributed by atoms with Crippen LogP contribution in [0.5, 0.6) is 5.75 Å². The monoisotopic (exact) mass is 397 g/mol. The van der Waals surface area contributed by atoms with Gasteiger partial charge in [0, 0.05) is 27.6 Å². The van der Waals surface area contributed by atoms with Crippen LogP contribution in [0.3, 0.4) is 0 Å². The van der Waals surface area contributed by atoms with E-state index < -0.39 is 5.97 Å². The molecule has 1 fully saturated rings. The van der Waals surface area contributed by atoms with Crippen molar-refractivity contribution in [2.45, 2.75) is 32.4 Å². The number of hydrogen-bond donors (Lipinski definition) is 0. The van der Waals surface area contributed by atoms with Gasteiger partial charge in [0.1, 0.15) is 5.75 Å². The Balaban J connectivity index is 1.57. The van der Waals surface area contributed by atoms with Gasteiger partial charge in [-0.3, -0.25) is 9.59 Å². The molecule has 0 radical (unpaired) electrons. The highest BCUT2D eigenvalue weighted by Crippen LogP contribution is 2.35.